The van der Waals surface area contributed by atoms with Gasteiger partial charge in [-0.1, -0.05) is 0 Å². The van der Waals surface area contributed by atoms with Crippen LogP contribution in [0, 0.1) is 0 Å². The van der Waals surface area contributed by atoms with Gasteiger partial charge >= 0.3 is 0 Å². The summed E-state index contributed by atoms with van der Waals surface area (Å²) in [5.41, 5.74) is 2.91. The molecule has 1 saturated heterocycles. The molecule has 2 unspecified atom stereocenters. The molecule has 17 heavy (non-hydrogen) atoms. The summed E-state index contributed by atoms with van der Waals surface area (Å²) in [6.45, 7) is 0.944. The maximum atomic E-state index is 5.63. The van der Waals surface area contributed by atoms with E-state index in [4.69, 9.17) is 10.6 Å². The minimum atomic E-state index is 0.255. The Morgan fingerprint density at radius 3 is 3.12 bits per heavy atom. The Balaban J connectivity index is 1.77. The van der Waals surface area contributed by atoms with E-state index in [0.29, 0.717) is 6.10 Å². The summed E-state index contributed by atoms with van der Waals surface area (Å²) in [5.74, 6) is 5.63. The van der Waals surface area contributed by atoms with Gasteiger partial charge in [0, 0.05) is 16.0 Å². The maximum Gasteiger partial charge on any atom is 0.0576 e. The van der Waals surface area contributed by atoms with E-state index in [9.17, 15) is 0 Å². The van der Waals surface area contributed by atoms with Crippen molar-refractivity contribution in [2.75, 3.05) is 6.61 Å². The van der Waals surface area contributed by atoms with Crippen molar-refractivity contribution >= 4 is 27.3 Å². The Labute approximate surface area is 115 Å². The number of hydrogen-bond acceptors (Lipinski definition) is 4. The Hall–Kier alpha value is 0.0600. The van der Waals surface area contributed by atoms with Crippen LogP contribution in [0.3, 0.4) is 0 Å². The Morgan fingerprint density at radius 2 is 2.53 bits per heavy atom. The van der Waals surface area contributed by atoms with Gasteiger partial charge in [0.25, 0.3) is 0 Å². The lowest BCUT2D eigenvalue weighted by Gasteiger charge is -2.16. The van der Waals surface area contributed by atoms with Gasteiger partial charge in [-0.05, 0) is 59.5 Å². The zero-order chi connectivity index (χ0) is 12.1. The molecule has 0 bridgehead atoms. The second-order valence-corrected chi connectivity index (χ2v) is 6.22. The summed E-state index contributed by atoms with van der Waals surface area (Å²) in [7, 11) is 0. The highest BCUT2D eigenvalue weighted by Crippen LogP contribution is 2.32. The first-order valence-electron chi connectivity index (χ1n) is 6.12. The summed E-state index contributed by atoms with van der Waals surface area (Å²) in [6, 6.07) is 2.33. The van der Waals surface area contributed by atoms with Gasteiger partial charge in [-0.15, -0.1) is 11.3 Å². The van der Waals surface area contributed by atoms with Gasteiger partial charge in [0.2, 0.25) is 0 Å². The smallest absolute Gasteiger partial charge is 0.0576 e. The lowest BCUT2D eigenvalue weighted by molar-refractivity contribution is 0.101. The van der Waals surface area contributed by atoms with Crippen LogP contribution in [0.2, 0.25) is 0 Å². The summed E-state index contributed by atoms with van der Waals surface area (Å²) in [4.78, 5) is 1.29. The monoisotopic (exact) mass is 318 g/mol. The molecule has 1 aliphatic heterocycles. The van der Waals surface area contributed by atoms with Crippen LogP contribution in [0.1, 0.15) is 43.0 Å². The fourth-order valence-electron chi connectivity index (χ4n) is 2.27. The molecule has 2 rings (SSSR count). The lowest BCUT2D eigenvalue weighted by Crippen LogP contribution is -2.27. The number of nitrogens with one attached hydrogen (secondary N) is 1. The summed E-state index contributed by atoms with van der Waals surface area (Å²) in [6.07, 6.45) is 6.31. The van der Waals surface area contributed by atoms with Crippen molar-refractivity contribution in [1.29, 1.82) is 0 Å². The fourth-order valence-corrected chi connectivity index (χ4v) is 4.01. The third-order valence-corrected chi connectivity index (χ3v) is 5.19. The normalized spacial score (nSPS) is 21.9. The average molecular weight is 319 g/mol. The molecule has 2 heterocycles. The summed E-state index contributed by atoms with van der Waals surface area (Å²) < 4.78 is 6.78. The van der Waals surface area contributed by atoms with Crippen LogP contribution < -0.4 is 11.3 Å². The van der Waals surface area contributed by atoms with E-state index in [1.54, 1.807) is 11.3 Å². The minimum Gasteiger partial charge on any atom is -0.378 e. The first-order chi connectivity index (χ1) is 8.31. The standard InChI is InChI=1S/C12H19BrN2OS/c13-10-6-8-17-12(10)11(15-14)5-1-3-9-4-2-7-16-9/h6,8-9,11,15H,1-5,7,14H2. The number of hydrazine groups is 1. The zero-order valence-electron chi connectivity index (χ0n) is 9.82. The van der Waals surface area contributed by atoms with Crippen molar-refractivity contribution in [2.24, 2.45) is 5.84 Å². The predicted octanol–water partition coefficient (Wildman–Crippen LogP) is 3.36. The van der Waals surface area contributed by atoms with Crippen LogP contribution >= 0.6 is 27.3 Å². The van der Waals surface area contributed by atoms with Gasteiger partial charge in [0.15, 0.2) is 0 Å². The minimum absolute atomic E-state index is 0.255. The molecule has 0 saturated carbocycles. The van der Waals surface area contributed by atoms with Gasteiger partial charge < -0.3 is 4.74 Å². The largest absolute Gasteiger partial charge is 0.378 e. The van der Waals surface area contributed by atoms with E-state index in [2.05, 4.69) is 32.8 Å². The summed E-state index contributed by atoms with van der Waals surface area (Å²) in [5, 5.41) is 2.09. The lowest BCUT2D eigenvalue weighted by atomic mass is 10.0. The van der Waals surface area contributed by atoms with Crippen LogP contribution in [-0.2, 0) is 4.74 Å². The number of nitrogens with two attached hydrogens (primary N) is 1. The third kappa shape index (κ3) is 3.76. The van der Waals surface area contributed by atoms with E-state index in [-0.39, 0.29) is 6.04 Å². The second kappa shape index (κ2) is 6.85. The number of rotatable bonds is 6. The van der Waals surface area contributed by atoms with Gasteiger partial charge in [0.1, 0.15) is 0 Å². The number of halogens is 1. The first-order valence-corrected chi connectivity index (χ1v) is 7.79. The number of thiophene rings is 1. The molecule has 2 atom stereocenters. The number of hydrogen-bond donors (Lipinski definition) is 2. The van der Waals surface area contributed by atoms with Crippen molar-refractivity contribution in [3.63, 3.8) is 0 Å². The van der Waals surface area contributed by atoms with Gasteiger partial charge in [0.05, 0.1) is 12.1 Å². The molecular formula is C12H19BrN2OS. The van der Waals surface area contributed by atoms with Gasteiger partial charge in [-0.2, -0.15) is 0 Å². The highest BCUT2D eigenvalue weighted by Gasteiger charge is 2.18. The van der Waals surface area contributed by atoms with Crippen molar-refractivity contribution in [3.8, 4) is 0 Å². The van der Waals surface area contributed by atoms with Crippen LogP contribution in [0.25, 0.3) is 0 Å². The van der Waals surface area contributed by atoms with Crippen molar-refractivity contribution in [1.82, 2.24) is 5.43 Å². The highest BCUT2D eigenvalue weighted by atomic mass is 79.9. The third-order valence-electron chi connectivity index (χ3n) is 3.21. The predicted molar refractivity (Wildman–Crippen MR) is 74.9 cm³/mol. The first kappa shape index (κ1) is 13.5. The SMILES string of the molecule is NNC(CCCC1CCCO1)c1sccc1Br. The molecule has 0 radical (unpaired) electrons. The van der Waals surface area contributed by atoms with E-state index in [1.165, 1.54) is 17.7 Å². The molecule has 1 aromatic rings. The molecule has 0 aliphatic carbocycles. The molecule has 0 aromatic carbocycles. The Morgan fingerprint density at radius 1 is 1.65 bits per heavy atom. The maximum absolute atomic E-state index is 5.63. The quantitative estimate of drug-likeness (QED) is 0.624. The average Bonchev–Trinajstić information content (AvgIpc) is 2.96. The molecule has 1 aromatic heterocycles. The highest BCUT2D eigenvalue weighted by molar-refractivity contribution is 9.10. The van der Waals surface area contributed by atoms with Crippen molar-refractivity contribution in [3.05, 3.63) is 20.8 Å². The molecule has 5 heteroatoms. The molecule has 3 N–H and O–H groups in total. The van der Waals surface area contributed by atoms with E-state index in [1.807, 2.05) is 0 Å². The van der Waals surface area contributed by atoms with E-state index in [0.717, 1.165) is 30.3 Å². The van der Waals surface area contributed by atoms with Crippen LogP contribution in [-0.4, -0.2) is 12.7 Å². The second-order valence-electron chi connectivity index (χ2n) is 4.42. The topological polar surface area (TPSA) is 47.3 Å². The van der Waals surface area contributed by atoms with Crippen LogP contribution in [0.15, 0.2) is 15.9 Å². The fraction of sp³-hybridized carbons (Fsp3) is 0.667. The van der Waals surface area contributed by atoms with Gasteiger partial charge in [-0.25, -0.2) is 0 Å². The molecule has 96 valence electrons. The van der Waals surface area contributed by atoms with E-state index < -0.39 is 0 Å². The van der Waals surface area contributed by atoms with Crippen LogP contribution in [0.5, 0.6) is 0 Å². The molecule has 0 amide bonds. The Bertz CT molecular complexity index is 339. The zero-order valence-corrected chi connectivity index (χ0v) is 12.2. The van der Waals surface area contributed by atoms with Crippen molar-refractivity contribution < 1.29 is 4.74 Å². The molecule has 1 fully saturated rings. The van der Waals surface area contributed by atoms with Crippen LogP contribution in [0.4, 0.5) is 0 Å². The van der Waals surface area contributed by atoms with Gasteiger partial charge in [-0.3, -0.25) is 11.3 Å². The molecular weight excluding hydrogens is 300 g/mol. The number of ether oxygens (including phenoxy) is 1. The van der Waals surface area contributed by atoms with E-state index >= 15 is 0 Å². The van der Waals surface area contributed by atoms with Crippen molar-refractivity contribution in [2.45, 2.75) is 44.2 Å². The summed E-state index contributed by atoms with van der Waals surface area (Å²) >= 11 is 5.30. The molecule has 3 nitrogen and oxygen atoms in total. The molecule has 1 aliphatic rings. The molecule has 0 spiro atoms. The Kier molecular flexibility index (Phi) is 5.44.